The summed E-state index contributed by atoms with van der Waals surface area (Å²) in [6.45, 7) is 0.500. The van der Waals surface area contributed by atoms with E-state index in [1.54, 1.807) is 6.07 Å². The second-order valence-electron chi connectivity index (χ2n) is 6.82. The molecule has 1 aliphatic carbocycles. The quantitative estimate of drug-likeness (QED) is 0.605. The van der Waals surface area contributed by atoms with Crippen LogP contribution in [0.3, 0.4) is 0 Å². The average Bonchev–Trinajstić information content (AvgIpc) is 3.54. The first-order valence-corrected chi connectivity index (χ1v) is 10.3. The molecule has 1 aliphatic rings. The highest BCUT2D eigenvalue weighted by Crippen LogP contribution is 2.26. The predicted octanol–water partition coefficient (Wildman–Crippen LogP) is 3.54. The average molecular weight is 391 g/mol. The molecule has 0 radical (unpaired) electrons. The van der Waals surface area contributed by atoms with Crippen LogP contribution in [0.5, 0.6) is 0 Å². The van der Waals surface area contributed by atoms with Crippen LogP contribution in [0.4, 0.5) is 0 Å². The van der Waals surface area contributed by atoms with Gasteiger partial charge in [0.25, 0.3) is 5.91 Å². The number of thioether (sulfide) groups is 1. The first-order chi connectivity index (χ1) is 13.7. The fourth-order valence-corrected chi connectivity index (χ4v) is 3.64. The van der Waals surface area contributed by atoms with E-state index in [-0.39, 0.29) is 17.6 Å². The summed E-state index contributed by atoms with van der Waals surface area (Å²) in [5.41, 5.74) is 2.44. The molecule has 5 nitrogen and oxygen atoms in total. The Morgan fingerprint density at radius 3 is 2.57 bits per heavy atom. The van der Waals surface area contributed by atoms with Crippen molar-refractivity contribution < 1.29 is 9.59 Å². The van der Waals surface area contributed by atoms with Crippen LogP contribution >= 0.6 is 11.8 Å². The topological polar surface area (TPSA) is 71.1 Å². The molecule has 142 valence electrons. The van der Waals surface area contributed by atoms with Gasteiger partial charge in [-0.05, 0) is 30.5 Å². The minimum Gasteiger partial charge on any atom is -0.351 e. The third-order valence-corrected chi connectivity index (χ3v) is 5.44. The number of nitrogens with one attached hydrogen (secondary N) is 2. The van der Waals surface area contributed by atoms with Crippen molar-refractivity contribution in [1.29, 1.82) is 0 Å². The SMILES string of the molecule is O=C(CSc1cc(C(=O)NC2CC2)c2ccccc2n1)NCc1ccccc1. The monoisotopic (exact) mass is 391 g/mol. The maximum Gasteiger partial charge on any atom is 0.252 e. The number of benzene rings is 2. The smallest absolute Gasteiger partial charge is 0.252 e. The largest absolute Gasteiger partial charge is 0.351 e. The van der Waals surface area contributed by atoms with Crippen LogP contribution in [-0.4, -0.2) is 28.6 Å². The third kappa shape index (κ3) is 4.70. The molecule has 2 aromatic carbocycles. The number of rotatable bonds is 7. The van der Waals surface area contributed by atoms with E-state index in [0.717, 1.165) is 29.3 Å². The summed E-state index contributed by atoms with van der Waals surface area (Å²) in [4.78, 5) is 29.4. The summed E-state index contributed by atoms with van der Waals surface area (Å²) in [6, 6.07) is 19.5. The predicted molar refractivity (Wildman–Crippen MR) is 111 cm³/mol. The van der Waals surface area contributed by atoms with Gasteiger partial charge >= 0.3 is 0 Å². The second-order valence-corrected chi connectivity index (χ2v) is 7.82. The summed E-state index contributed by atoms with van der Waals surface area (Å²) < 4.78 is 0. The van der Waals surface area contributed by atoms with Crippen molar-refractivity contribution in [2.75, 3.05) is 5.75 Å². The molecule has 0 unspecified atom stereocenters. The molecule has 0 aliphatic heterocycles. The van der Waals surface area contributed by atoms with E-state index in [1.165, 1.54) is 11.8 Å². The fraction of sp³-hybridized carbons (Fsp3) is 0.227. The molecular formula is C22H21N3O2S. The Hall–Kier alpha value is -2.86. The minimum absolute atomic E-state index is 0.0622. The van der Waals surface area contributed by atoms with Crippen molar-refractivity contribution in [3.63, 3.8) is 0 Å². The van der Waals surface area contributed by atoms with E-state index in [1.807, 2.05) is 54.6 Å². The van der Waals surface area contributed by atoms with Crippen LogP contribution in [0, 0.1) is 0 Å². The Kier molecular flexibility index (Phi) is 5.58. The zero-order valence-electron chi connectivity index (χ0n) is 15.4. The van der Waals surface area contributed by atoms with Gasteiger partial charge in [0.2, 0.25) is 5.91 Å². The molecule has 0 spiro atoms. The number of amides is 2. The highest BCUT2D eigenvalue weighted by molar-refractivity contribution is 7.99. The van der Waals surface area contributed by atoms with Crippen LogP contribution in [0.25, 0.3) is 10.9 Å². The van der Waals surface area contributed by atoms with Gasteiger partial charge in [0.1, 0.15) is 0 Å². The highest BCUT2D eigenvalue weighted by Gasteiger charge is 2.25. The first-order valence-electron chi connectivity index (χ1n) is 9.33. The molecule has 6 heteroatoms. The number of nitrogens with zero attached hydrogens (tertiary/aromatic N) is 1. The standard InChI is InChI=1S/C22H21N3O2S/c26-20(23-13-15-6-2-1-3-7-15)14-28-21-12-18(22(27)24-16-10-11-16)17-8-4-5-9-19(17)25-21/h1-9,12,16H,10-11,13-14H2,(H,23,26)(H,24,27). The maximum atomic E-state index is 12.6. The third-order valence-electron chi connectivity index (χ3n) is 4.53. The Bertz CT molecular complexity index is 1000. The lowest BCUT2D eigenvalue weighted by Gasteiger charge is -2.10. The van der Waals surface area contributed by atoms with Crippen molar-refractivity contribution >= 4 is 34.5 Å². The molecule has 2 amide bonds. The first kappa shape index (κ1) is 18.5. The van der Waals surface area contributed by atoms with Gasteiger partial charge in [-0.2, -0.15) is 0 Å². The summed E-state index contributed by atoms with van der Waals surface area (Å²) in [5.74, 6) is 0.117. The van der Waals surface area contributed by atoms with Gasteiger partial charge in [-0.3, -0.25) is 9.59 Å². The van der Waals surface area contributed by atoms with Crippen LogP contribution in [0.1, 0.15) is 28.8 Å². The number of carbonyl (C=O) groups is 2. The Morgan fingerprint density at radius 2 is 1.79 bits per heavy atom. The van der Waals surface area contributed by atoms with Crippen LogP contribution in [0.2, 0.25) is 0 Å². The van der Waals surface area contributed by atoms with E-state index >= 15 is 0 Å². The lowest BCUT2D eigenvalue weighted by Crippen LogP contribution is -2.26. The maximum absolute atomic E-state index is 12.6. The van der Waals surface area contributed by atoms with Gasteiger partial charge in [0.15, 0.2) is 0 Å². The lowest BCUT2D eigenvalue weighted by atomic mass is 10.1. The molecule has 1 fully saturated rings. The van der Waals surface area contributed by atoms with E-state index in [2.05, 4.69) is 15.6 Å². The van der Waals surface area contributed by atoms with Gasteiger partial charge < -0.3 is 10.6 Å². The molecule has 0 bridgehead atoms. The number of para-hydroxylation sites is 1. The van der Waals surface area contributed by atoms with Crippen molar-refractivity contribution in [3.05, 3.63) is 71.8 Å². The molecule has 0 atom stereocenters. The van der Waals surface area contributed by atoms with Crippen molar-refractivity contribution in [1.82, 2.24) is 15.6 Å². The molecule has 1 aromatic heterocycles. The number of hydrogen-bond donors (Lipinski definition) is 2. The molecule has 1 heterocycles. The van der Waals surface area contributed by atoms with Gasteiger partial charge in [-0.15, -0.1) is 0 Å². The van der Waals surface area contributed by atoms with Gasteiger partial charge in [-0.25, -0.2) is 4.98 Å². The van der Waals surface area contributed by atoms with Gasteiger partial charge in [0, 0.05) is 18.0 Å². The molecule has 2 N–H and O–H groups in total. The molecule has 28 heavy (non-hydrogen) atoms. The Morgan fingerprint density at radius 1 is 1.04 bits per heavy atom. The van der Waals surface area contributed by atoms with Crippen LogP contribution in [-0.2, 0) is 11.3 Å². The summed E-state index contributed by atoms with van der Waals surface area (Å²) in [7, 11) is 0. The van der Waals surface area contributed by atoms with E-state index < -0.39 is 0 Å². The van der Waals surface area contributed by atoms with Crippen molar-refractivity contribution in [2.24, 2.45) is 0 Å². The van der Waals surface area contributed by atoms with Gasteiger partial charge in [0.05, 0.1) is 21.9 Å². The highest BCUT2D eigenvalue weighted by atomic mass is 32.2. The fourth-order valence-electron chi connectivity index (χ4n) is 2.89. The minimum atomic E-state index is -0.0727. The number of aromatic nitrogens is 1. The molecule has 3 aromatic rings. The normalized spacial score (nSPS) is 13.3. The number of pyridine rings is 1. The summed E-state index contributed by atoms with van der Waals surface area (Å²) in [6.07, 6.45) is 2.08. The van der Waals surface area contributed by atoms with Crippen molar-refractivity contribution in [3.8, 4) is 0 Å². The van der Waals surface area contributed by atoms with Gasteiger partial charge in [-0.1, -0.05) is 60.3 Å². The Labute approximate surface area is 167 Å². The molecular weight excluding hydrogens is 370 g/mol. The number of carbonyl (C=O) groups excluding carboxylic acids is 2. The van der Waals surface area contributed by atoms with E-state index in [9.17, 15) is 9.59 Å². The van der Waals surface area contributed by atoms with E-state index in [0.29, 0.717) is 23.2 Å². The second kappa shape index (κ2) is 8.44. The molecule has 4 rings (SSSR count). The van der Waals surface area contributed by atoms with Crippen LogP contribution in [0.15, 0.2) is 65.7 Å². The number of fused-ring (bicyclic) bond motifs is 1. The zero-order chi connectivity index (χ0) is 19.3. The van der Waals surface area contributed by atoms with E-state index in [4.69, 9.17) is 0 Å². The zero-order valence-corrected chi connectivity index (χ0v) is 16.2. The summed E-state index contributed by atoms with van der Waals surface area (Å²) >= 11 is 1.34. The number of hydrogen-bond acceptors (Lipinski definition) is 4. The molecule has 0 saturated heterocycles. The van der Waals surface area contributed by atoms with Crippen molar-refractivity contribution in [2.45, 2.75) is 30.5 Å². The molecule has 1 saturated carbocycles. The van der Waals surface area contributed by atoms with Crippen LogP contribution < -0.4 is 10.6 Å². The lowest BCUT2D eigenvalue weighted by molar-refractivity contribution is -0.118. The summed E-state index contributed by atoms with van der Waals surface area (Å²) in [5, 5.41) is 7.46. The Balaban J connectivity index is 1.44.